The first-order valence-electron chi connectivity index (χ1n) is 9.90. The second-order valence-electron chi connectivity index (χ2n) is 7.76. The van der Waals surface area contributed by atoms with E-state index in [1.807, 2.05) is 6.07 Å². The van der Waals surface area contributed by atoms with Gasteiger partial charge in [0.25, 0.3) is 0 Å². The number of hydrogen-bond donors (Lipinski definition) is 2. The van der Waals surface area contributed by atoms with Crippen LogP contribution in [0.3, 0.4) is 0 Å². The van der Waals surface area contributed by atoms with E-state index in [1.165, 1.54) is 16.4 Å². The van der Waals surface area contributed by atoms with Gasteiger partial charge in [0.2, 0.25) is 11.1 Å². The number of nitrogens with zero attached hydrogens (tertiary/aromatic N) is 3. The molecule has 3 aromatic rings. The number of anilines is 1. The van der Waals surface area contributed by atoms with Gasteiger partial charge in [-0.05, 0) is 41.2 Å². The predicted octanol–water partition coefficient (Wildman–Crippen LogP) is 5.94. The molecule has 0 aliphatic rings. The van der Waals surface area contributed by atoms with Crippen LogP contribution in [0.5, 0.6) is 0 Å². The monoisotopic (exact) mass is 477 g/mol. The topological polar surface area (TPSA) is 85.8 Å². The van der Waals surface area contributed by atoms with Crippen molar-refractivity contribution >= 4 is 46.6 Å². The number of para-hydroxylation sites is 1. The number of aromatic nitrogens is 3. The van der Waals surface area contributed by atoms with Gasteiger partial charge in [-0.15, -0.1) is 10.2 Å². The Morgan fingerprint density at radius 3 is 2.32 bits per heavy atom. The summed E-state index contributed by atoms with van der Waals surface area (Å²) in [6, 6.07) is 11.2. The van der Waals surface area contributed by atoms with E-state index in [-0.39, 0.29) is 11.7 Å². The van der Waals surface area contributed by atoms with Crippen molar-refractivity contribution in [3.8, 4) is 11.4 Å². The number of halogens is 2. The number of nitrogens with one attached hydrogen (secondary N) is 1. The van der Waals surface area contributed by atoms with Gasteiger partial charge in [0.05, 0.1) is 10.8 Å². The van der Waals surface area contributed by atoms with Crippen LogP contribution in [0.4, 0.5) is 5.69 Å². The Bertz CT molecular complexity index is 1070. The highest BCUT2D eigenvalue weighted by molar-refractivity contribution is 7.99. The summed E-state index contributed by atoms with van der Waals surface area (Å²) in [7, 11) is 0. The van der Waals surface area contributed by atoms with Crippen LogP contribution in [0.1, 0.15) is 50.7 Å². The molecule has 1 amide bonds. The number of rotatable bonds is 7. The molecule has 3 N–H and O–H groups in total. The number of hydrogen-bond acceptors (Lipinski definition) is 5. The molecule has 0 aliphatic heterocycles. The van der Waals surface area contributed by atoms with Crippen LogP contribution in [0, 0.1) is 0 Å². The van der Waals surface area contributed by atoms with E-state index in [9.17, 15) is 4.79 Å². The van der Waals surface area contributed by atoms with Gasteiger partial charge in [-0.2, -0.15) is 0 Å². The number of amides is 1. The van der Waals surface area contributed by atoms with Crippen LogP contribution in [-0.2, 0) is 4.79 Å². The third-order valence-electron chi connectivity index (χ3n) is 4.81. The third kappa shape index (κ3) is 5.34. The standard InChI is InChI=1S/C22H25Cl2N5OS/c1-12(2)15-6-5-7-16(13(3)4)20(15)26-19(30)11-31-22-28-27-21(29(22)25)17-9-8-14(23)10-18(17)24/h5-10,12-13H,11,25H2,1-4H3,(H,26,30). The zero-order valence-corrected chi connectivity index (χ0v) is 20.1. The molecule has 0 unspecified atom stereocenters. The minimum atomic E-state index is -0.130. The number of benzene rings is 2. The van der Waals surface area contributed by atoms with Gasteiger partial charge in [-0.25, -0.2) is 4.68 Å². The molecule has 0 saturated carbocycles. The van der Waals surface area contributed by atoms with Gasteiger partial charge in [-0.1, -0.05) is 80.9 Å². The summed E-state index contributed by atoms with van der Waals surface area (Å²) < 4.78 is 1.33. The molecule has 3 rings (SSSR count). The summed E-state index contributed by atoms with van der Waals surface area (Å²) in [5.41, 5.74) is 3.74. The van der Waals surface area contributed by atoms with E-state index in [2.05, 4.69) is 55.3 Å². The lowest BCUT2D eigenvalue weighted by Gasteiger charge is -2.20. The molecule has 2 aromatic carbocycles. The number of nitrogens with two attached hydrogens (primary N) is 1. The maximum absolute atomic E-state index is 12.7. The fourth-order valence-corrected chi connectivity index (χ4v) is 4.38. The van der Waals surface area contributed by atoms with Gasteiger partial charge < -0.3 is 11.2 Å². The minimum absolute atomic E-state index is 0.130. The van der Waals surface area contributed by atoms with E-state index in [4.69, 9.17) is 29.0 Å². The first-order valence-corrected chi connectivity index (χ1v) is 11.6. The molecule has 9 heteroatoms. The fourth-order valence-electron chi connectivity index (χ4n) is 3.23. The van der Waals surface area contributed by atoms with E-state index >= 15 is 0 Å². The Hall–Kier alpha value is -2.22. The highest BCUT2D eigenvalue weighted by Gasteiger charge is 2.19. The molecule has 0 aliphatic carbocycles. The lowest BCUT2D eigenvalue weighted by Crippen LogP contribution is -2.19. The summed E-state index contributed by atoms with van der Waals surface area (Å²) >= 11 is 13.4. The Kier molecular flexibility index (Phi) is 7.51. The predicted molar refractivity (Wildman–Crippen MR) is 130 cm³/mol. The van der Waals surface area contributed by atoms with Crippen LogP contribution in [-0.4, -0.2) is 26.5 Å². The maximum Gasteiger partial charge on any atom is 0.234 e. The quantitative estimate of drug-likeness (QED) is 0.324. The lowest BCUT2D eigenvalue weighted by molar-refractivity contribution is -0.113. The van der Waals surface area contributed by atoms with E-state index in [0.717, 1.165) is 16.8 Å². The van der Waals surface area contributed by atoms with Gasteiger partial charge >= 0.3 is 0 Å². The van der Waals surface area contributed by atoms with Gasteiger partial charge in [-0.3, -0.25) is 4.79 Å². The van der Waals surface area contributed by atoms with Crippen molar-refractivity contribution in [3.63, 3.8) is 0 Å². The molecule has 0 fully saturated rings. The normalized spacial score (nSPS) is 11.4. The van der Waals surface area contributed by atoms with Gasteiger partial charge in [0.1, 0.15) is 0 Å². The zero-order valence-electron chi connectivity index (χ0n) is 17.8. The average Bonchev–Trinajstić information content (AvgIpc) is 3.06. The first-order chi connectivity index (χ1) is 14.7. The minimum Gasteiger partial charge on any atom is -0.335 e. The maximum atomic E-state index is 12.7. The second-order valence-corrected chi connectivity index (χ2v) is 9.54. The van der Waals surface area contributed by atoms with Crippen molar-refractivity contribution in [3.05, 3.63) is 57.6 Å². The van der Waals surface area contributed by atoms with E-state index in [1.54, 1.807) is 18.2 Å². The zero-order chi connectivity index (χ0) is 22.7. The largest absolute Gasteiger partial charge is 0.335 e. The molecule has 1 aromatic heterocycles. The van der Waals surface area contributed by atoms with Gasteiger partial charge in [0.15, 0.2) is 5.82 Å². The van der Waals surface area contributed by atoms with Crippen LogP contribution >= 0.6 is 35.0 Å². The van der Waals surface area contributed by atoms with Crippen LogP contribution in [0.2, 0.25) is 10.0 Å². The Morgan fingerprint density at radius 1 is 1.10 bits per heavy atom. The second kappa shape index (κ2) is 9.94. The van der Waals surface area contributed by atoms with E-state index in [0.29, 0.717) is 38.4 Å². The molecule has 6 nitrogen and oxygen atoms in total. The molecular formula is C22H25Cl2N5OS. The van der Waals surface area contributed by atoms with Crippen molar-refractivity contribution < 1.29 is 4.79 Å². The van der Waals surface area contributed by atoms with Crippen LogP contribution < -0.4 is 11.2 Å². The number of thioether (sulfide) groups is 1. The SMILES string of the molecule is CC(C)c1cccc(C(C)C)c1NC(=O)CSc1nnc(-c2ccc(Cl)cc2Cl)n1N. The Labute approximate surface area is 196 Å². The molecule has 0 saturated heterocycles. The fraction of sp³-hybridized carbons (Fsp3) is 0.318. The average molecular weight is 478 g/mol. The Morgan fingerprint density at radius 2 is 1.74 bits per heavy atom. The molecule has 31 heavy (non-hydrogen) atoms. The first kappa shape index (κ1) is 23.4. The third-order valence-corrected chi connectivity index (χ3v) is 6.30. The molecule has 0 spiro atoms. The van der Waals surface area contributed by atoms with E-state index < -0.39 is 0 Å². The molecule has 1 heterocycles. The number of nitrogen functional groups attached to an aromatic ring is 1. The smallest absolute Gasteiger partial charge is 0.234 e. The van der Waals surface area contributed by atoms with Crippen molar-refractivity contribution in [2.45, 2.75) is 44.7 Å². The van der Waals surface area contributed by atoms with Crippen molar-refractivity contribution in [2.24, 2.45) is 0 Å². The number of carbonyl (C=O) groups excluding carboxylic acids is 1. The summed E-state index contributed by atoms with van der Waals surface area (Å²) in [5.74, 6) is 7.16. The molecule has 164 valence electrons. The summed E-state index contributed by atoms with van der Waals surface area (Å²) in [5, 5.41) is 12.7. The summed E-state index contributed by atoms with van der Waals surface area (Å²) in [4.78, 5) is 12.7. The summed E-state index contributed by atoms with van der Waals surface area (Å²) in [6.07, 6.45) is 0. The van der Waals surface area contributed by atoms with Crippen LogP contribution in [0.25, 0.3) is 11.4 Å². The summed E-state index contributed by atoms with van der Waals surface area (Å²) in [6.45, 7) is 8.46. The van der Waals surface area contributed by atoms with Gasteiger partial charge in [0, 0.05) is 16.3 Å². The molecular weight excluding hydrogens is 453 g/mol. The molecule has 0 atom stereocenters. The van der Waals surface area contributed by atoms with Crippen molar-refractivity contribution in [1.82, 2.24) is 14.9 Å². The molecule has 0 bridgehead atoms. The highest BCUT2D eigenvalue weighted by Crippen LogP contribution is 2.33. The molecule has 0 radical (unpaired) electrons. The van der Waals surface area contributed by atoms with Crippen molar-refractivity contribution in [2.75, 3.05) is 16.9 Å². The van der Waals surface area contributed by atoms with Crippen LogP contribution in [0.15, 0.2) is 41.6 Å². The number of carbonyl (C=O) groups is 1. The Balaban J connectivity index is 1.75. The van der Waals surface area contributed by atoms with Crippen molar-refractivity contribution in [1.29, 1.82) is 0 Å². The highest BCUT2D eigenvalue weighted by atomic mass is 35.5. The lowest BCUT2D eigenvalue weighted by atomic mass is 9.92.